The van der Waals surface area contributed by atoms with Crippen LogP contribution in [0.25, 0.3) is 0 Å². The third kappa shape index (κ3) is 4.83. The highest BCUT2D eigenvalue weighted by Crippen LogP contribution is 2.23. The summed E-state index contributed by atoms with van der Waals surface area (Å²) < 4.78 is 0. The summed E-state index contributed by atoms with van der Waals surface area (Å²) in [6, 6.07) is 3.60. The SMILES string of the molecule is CCCC(C)NC(=O)c1cc(Cl)nc(C(C)(C)C)c1. The van der Waals surface area contributed by atoms with E-state index >= 15 is 0 Å². The molecule has 4 heteroatoms. The summed E-state index contributed by atoms with van der Waals surface area (Å²) in [6.45, 7) is 10.3. The Labute approximate surface area is 120 Å². The van der Waals surface area contributed by atoms with Crippen LogP contribution in [0, 0.1) is 0 Å². The Morgan fingerprint density at radius 2 is 2.05 bits per heavy atom. The monoisotopic (exact) mass is 282 g/mol. The van der Waals surface area contributed by atoms with E-state index in [2.05, 4.69) is 17.2 Å². The Hall–Kier alpha value is -1.09. The molecule has 0 aliphatic rings. The highest BCUT2D eigenvalue weighted by Gasteiger charge is 2.19. The number of pyridine rings is 1. The zero-order valence-electron chi connectivity index (χ0n) is 12.4. The topological polar surface area (TPSA) is 42.0 Å². The van der Waals surface area contributed by atoms with Crippen molar-refractivity contribution in [2.75, 3.05) is 0 Å². The molecule has 1 rings (SSSR count). The van der Waals surface area contributed by atoms with Crippen molar-refractivity contribution in [1.82, 2.24) is 10.3 Å². The maximum atomic E-state index is 12.2. The van der Waals surface area contributed by atoms with Gasteiger partial charge in [0.1, 0.15) is 5.15 Å². The first kappa shape index (κ1) is 16.0. The predicted molar refractivity (Wildman–Crippen MR) is 79.8 cm³/mol. The molecule has 3 nitrogen and oxygen atoms in total. The van der Waals surface area contributed by atoms with Crippen molar-refractivity contribution < 1.29 is 4.79 Å². The summed E-state index contributed by atoms with van der Waals surface area (Å²) in [5.74, 6) is -0.0873. The molecule has 0 bridgehead atoms. The number of amides is 1. The van der Waals surface area contributed by atoms with E-state index in [1.807, 2.05) is 33.8 Å². The van der Waals surface area contributed by atoms with Gasteiger partial charge in [-0.15, -0.1) is 0 Å². The van der Waals surface area contributed by atoms with E-state index in [9.17, 15) is 4.79 Å². The van der Waals surface area contributed by atoms with E-state index < -0.39 is 0 Å². The highest BCUT2D eigenvalue weighted by molar-refractivity contribution is 6.29. The second kappa shape index (κ2) is 6.38. The number of nitrogens with zero attached hydrogens (tertiary/aromatic N) is 1. The normalized spacial score (nSPS) is 13.2. The molecule has 1 aromatic heterocycles. The molecule has 0 saturated heterocycles. The van der Waals surface area contributed by atoms with Crippen molar-refractivity contribution in [1.29, 1.82) is 0 Å². The van der Waals surface area contributed by atoms with Gasteiger partial charge in [-0.05, 0) is 25.5 Å². The largest absolute Gasteiger partial charge is 0.350 e. The summed E-state index contributed by atoms with van der Waals surface area (Å²) in [4.78, 5) is 16.5. The van der Waals surface area contributed by atoms with Crippen LogP contribution < -0.4 is 5.32 Å². The number of carbonyl (C=O) groups excluding carboxylic acids is 1. The molecule has 0 saturated carbocycles. The van der Waals surface area contributed by atoms with E-state index in [0.717, 1.165) is 18.5 Å². The number of hydrogen-bond acceptors (Lipinski definition) is 2. The van der Waals surface area contributed by atoms with Gasteiger partial charge in [0, 0.05) is 22.7 Å². The maximum Gasteiger partial charge on any atom is 0.251 e. The third-order valence-electron chi connectivity index (χ3n) is 2.92. The lowest BCUT2D eigenvalue weighted by atomic mass is 9.91. The lowest BCUT2D eigenvalue weighted by Gasteiger charge is -2.19. The van der Waals surface area contributed by atoms with Crippen molar-refractivity contribution in [3.8, 4) is 0 Å². The standard InChI is InChI=1S/C15H23ClN2O/c1-6-7-10(2)17-14(19)11-8-12(15(3,4)5)18-13(16)9-11/h8-10H,6-7H2,1-5H3,(H,17,19). The molecule has 1 N–H and O–H groups in total. The van der Waals surface area contributed by atoms with Crippen molar-refractivity contribution in [3.05, 3.63) is 28.5 Å². The lowest BCUT2D eigenvalue weighted by Crippen LogP contribution is -2.32. The zero-order valence-corrected chi connectivity index (χ0v) is 13.1. The van der Waals surface area contributed by atoms with Crippen LogP contribution in [0.2, 0.25) is 5.15 Å². The smallest absolute Gasteiger partial charge is 0.251 e. The Kier molecular flexibility index (Phi) is 5.36. The number of hydrogen-bond donors (Lipinski definition) is 1. The van der Waals surface area contributed by atoms with Crippen LogP contribution in [-0.2, 0) is 5.41 Å². The highest BCUT2D eigenvalue weighted by atomic mass is 35.5. The second-order valence-electron chi connectivity index (χ2n) is 5.98. The lowest BCUT2D eigenvalue weighted by molar-refractivity contribution is 0.0938. The van der Waals surface area contributed by atoms with Gasteiger partial charge < -0.3 is 5.32 Å². The molecule has 0 aliphatic heterocycles. The van der Waals surface area contributed by atoms with Gasteiger partial charge in [0.15, 0.2) is 0 Å². The number of carbonyl (C=O) groups is 1. The first-order valence-corrected chi connectivity index (χ1v) is 7.10. The van der Waals surface area contributed by atoms with Gasteiger partial charge in [-0.2, -0.15) is 0 Å². The molecule has 0 aliphatic carbocycles. The van der Waals surface area contributed by atoms with Crippen molar-refractivity contribution in [3.63, 3.8) is 0 Å². The Bertz CT molecular complexity index is 452. The number of nitrogens with one attached hydrogen (secondary N) is 1. The minimum absolute atomic E-state index is 0.0873. The van der Waals surface area contributed by atoms with Crippen molar-refractivity contribution in [2.24, 2.45) is 0 Å². The Morgan fingerprint density at radius 3 is 2.58 bits per heavy atom. The summed E-state index contributed by atoms with van der Waals surface area (Å²) in [5.41, 5.74) is 1.27. The minimum atomic E-state index is -0.130. The van der Waals surface area contributed by atoms with Gasteiger partial charge >= 0.3 is 0 Å². The Balaban J connectivity index is 2.95. The molecular weight excluding hydrogens is 260 g/mol. The first-order chi connectivity index (χ1) is 8.74. The van der Waals surface area contributed by atoms with E-state index in [-0.39, 0.29) is 17.4 Å². The maximum absolute atomic E-state index is 12.2. The van der Waals surface area contributed by atoms with E-state index in [1.165, 1.54) is 0 Å². The fourth-order valence-electron chi connectivity index (χ4n) is 1.82. The second-order valence-corrected chi connectivity index (χ2v) is 6.36. The van der Waals surface area contributed by atoms with E-state index in [0.29, 0.717) is 10.7 Å². The van der Waals surface area contributed by atoms with Crippen LogP contribution in [-0.4, -0.2) is 16.9 Å². The van der Waals surface area contributed by atoms with Crippen LogP contribution >= 0.6 is 11.6 Å². The minimum Gasteiger partial charge on any atom is -0.350 e. The molecule has 106 valence electrons. The molecular formula is C15H23ClN2O. The van der Waals surface area contributed by atoms with Crippen LogP contribution in [0.5, 0.6) is 0 Å². The fraction of sp³-hybridized carbons (Fsp3) is 0.600. The summed E-state index contributed by atoms with van der Waals surface area (Å²) in [5, 5.41) is 3.34. The molecule has 0 aromatic carbocycles. The van der Waals surface area contributed by atoms with Crippen LogP contribution in [0.3, 0.4) is 0 Å². The molecule has 1 heterocycles. The van der Waals surface area contributed by atoms with Crippen LogP contribution in [0.15, 0.2) is 12.1 Å². The molecule has 1 atom stereocenters. The Morgan fingerprint density at radius 1 is 1.42 bits per heavy atom. The molecule has 1 unspecified atom stereocenters. The van der Waals surface area contributed by atoms with Gasteiger partial charge in [0.25, 0.3) is 5.91 Å². The molecule has 0 fully saturated rings. The first-order valence-electron chi connectivity index (χ1n) is 6.73. The summed E-state index contributed by atoms with van der Waals surface area (Å²) >= 11 is 6.01. The zero-order chi connectivity index (χ0) is 14.6. The van der Waals surface area contributed by atoms with Crippen molar-refractivity contribution >= 4 is 17.5 Å². The molecule has 0 spiro atoms. The van der Waals surface area contributed by atoms with Gasteiger partial charge in [0.05, 0.1) is 0 Å². The van der Waals surface area contributed by atoms with Gasteiger partial charge in [-0.1, -0.05) is 45.7 Å². The number of aromatic nitrogens is 1. The molecule has 1 aromatic rings. The predicted octanol–water partition coefficient (Wildman–Crippen LogP) is 3.95. The van der Waals surface area contributed by atoms with Crippen molar-refractivity contribution in [2.45, 2.75) is 58.9 Å². The summed E-state index contributed by atoms with van der Waals surface area (Å²) in [7, 11) is 0. The van der Waals surface area contributed by atoms with Gasteiger partial charge in [0.2, 0.25) is 0 Å². The average Bonchev–Trinajstić information content (AvgIpc) is 2.27. The van der Waals surface area contributed by atoms with Crippen LogP contribution in [0.4, 0.5) is 0 Å². The van der Waals surface area contributed by atoms with Crippen LogP contribution in [0.1, 0.15) is 63.5 Å². The van der Waals surface area contributed by atoms with E-state index in [1.54, 1.807) is 6.07 Å². The molecule has 19 heavy (non-hydrogen) atoms. The van der Waals surface area contributed by atoms with Gasteiger partial charge in [-0.3, -0.25) is 4.79 Å². The van der Waals surface area contributed by atoms with E-state index in [4.69, 9.17) is 11.6 Å². The van der Waals surface area contributed by atoms with Gasteiger partial charge in [-0.25, -0.2) is 4.98 Å². The number of halogens is 1. The molecule has 0 radical (unpaired) electrons. The average molecular weight is 283 g/mol. The molecule has 1 amide bonds. The fourth-order valence-corrected chi connectivity index (χ4v) is 2.03. The number of rotatable bonds is 4. The third-order valence-corrected chi connectivity index (χ3v) is 3.12. The quantitative estimate of drug-likeness (QED) is 0.850. The summed E-state index contributed by atoms with van der Waals surface area (Å²) in [6.07, 6.45) is 2.02.